The molecule has 0 aliphatic rings. The minimum atomic E-state index is -2.08. The third-order valence-electron chi connectivity index (χ3n) is 18.4. The lowest BCUT2D eigenvalue weighted by atomic mass is 10.1. The molecule has 0 aliphatic carbocycles. The van der Waals surface area contributed by atoms with Crippen LogP contribution in [0, 0.1) is 0 Å². The molecule has 0 fully saturated rings. The monoisotopic (exact) mass is 1350 g/mol. The lowest BCUT2D eigenvalue weighted by Crippen LogP contribution is -2.17. The normalized spacial score (nSPS) is 11.3. The van der Waals surface area contributed by atoms with E-state index in [4.69, 9.17) is 43.4 Å². The number of unbranched alkanes of at least 4 members (excludes halogenated alkanes) is 48. The lowest BCUT2D eigenvalue weighted by molar-refractivity contribution is -0.275. The maximum Gasteiger partial charge on any atom is 0.250 e. The van der Waals surface area contributed by atoms with E-state index in [0.717, 1.165) is 82.8 Å². The first-order valence-electron chi connectivity index (χ1n) is 40.7. The molecule has 0 radical (unpaired) electrons. The number of carboxylic acid groups (broad SMARTS) is 2. The topological polar surface area (TPSA) is 116 Å². The van der Waals surface area contributed by atoms with Gasteiger partial charge in [-0.2, -0.15) is 0 Å². The van der Waals surface area contributed by atoms with E-state index in [1.807, 2.05) is 0 Å². The summed E-state index contributed by atoms with van der Waals surface area (Å²) in [6, 6.07) is 20.1. The third-order valence-corrected chi connectivity index (χ3v) is 20.8. The highest BCUT2D eigenvalue weighted by molar-refractivity contribution is 7.97. The van der Waals surface area contributed by atoms with Crippen molar-refractivity contribution in [2.45, 2.75) is 403 Å². The fraction of sp³-hybridized carbons (Fsp3) is 0.776. The molecule has 0 atom stereocenters. The molecule has 0 aliphatic heterocycles. The van der Waals surface area contributed by atoms with Crippen molar-refractivity contribution in [3.8, 4) is 34.5 Å². The van der Waals surface area contributed by atoms with Crippen LogP contribution in [-0.4, -0.2) is 50.9 Å². The second kappa shape index (κ2) is 66.0. The fourth-order valence-electron chi connectivity index (χ4n) is 12.6. The molecule has 1 N–H and O–H groups in total. The summed E-state index contributed by atoms with van der Waals surface area (Å²) in [5.74, 6) is 5.12. The SMILES string of the molecule is CCCCCCCCCCCOc1cc(OCCCCCCCCCCC)c([S+](c2ccccc2)c2c(OCCCCCCCCCCC)cc(OCCCCCCCCCCC)cc2OCCCCCCCCCCC)c(OCCCCCCCCCCC)c1.O=C([O-])O. The molecule has 0 saturated carbocycles. The smallest absolute Gasteiger partial charge is 0.250 e. The van der Waals surface area contributed by atoms with Gasteiger partial charge in [-0.25, -0.2) is 0 Å². The van der Waals surface area contributed by atoms with Crippen molar-refractivity contribution in [3.63, 3.8) is 0 Å². The number of carbonyl (C=O) groups is 1. The summed E-state index contributed by atoms with van der Waals surface area (Å²) in [5, 5.41) is 15.3. The molecule has 10 heteroatoms. The summed E-state index contributed by atoms with van der Waals surface area (Å²) < 4.78 is 42.9. The predicted molar refractivity (Wildman–Crippen MR) is 406 cm³/mol. The van der Waals surface area contributed by atoms with Crippen molar-refractivity contribution < 1.29 is 43.4 Å². The van der Waals surface area contributed by atoms with Crippen molar-refractivity contribution in [2.75, 3.05) is 39.6 Å². The lowest BCUT2D eigenvalue weighted by Gasteiger charge is -2.22. The highest BCUT2D eigenvalue weighted by Crippen LogP contribution is 2.51. The van der Waals surface area contributed by atoms with E-state index in [1.54, 1.807) is 0 Å². The Morgan fingerprint density at radius 2 is 0.453 bits per heavy atom. The summed E-state index contributed by atoms with van der Waals surface area (Å²) >= 11 is 0. The highest BCUT2D eigenvalue weighted by atomic mass is 32.2. The molecule has 3 aromatic rings. The molecule has 9 nitrogen and oxygen atoms in total. The maximum absolute atomic E-state index is 8.44. The number of hydrogen-bond donors (Lipinski definition) is 1. The van der Waals surface area contributed by atoms with Gasteiger partial charge in [-0.1, -0.05) is 368 Å². The van der Waals surface area contributed by atoms with E-state index in [-0.39, 0.29) is 0 Å². The molecule has 0 amide bonds. The van der Waals surface area contributed by atoms with Crippen LogP contribution in [0.15, 0.2) is 69.3 Å². The summed E-state index contributed by atoms with van der Waals surface area (Å²) in [6.45, 7) is 17.8. The molecule has 95 heavy (non-hydrogen) atoms. The summed E-state index contributed by atoms with van der Waals surface area (Å²) in [5.41, 5.74) is 0. The van der Waals surface area contributed by atoms with E-state index < -0.39 is 17.1 Å². The minimum absolute atomic E-state index is 0.643. The van der Waals surface area contributed by atoms with Crippen molar-refractivity contribution in [2.24, 2.45) is 0 Å². The van der Waals surface area contributed by atoms with E-state index in [9.17, 15) is 0 Å². The van der Waals surface area contributed by atoms with Crippen LogP contribution < -0.4 is 33.5 Å². The van der Waals surface area contributed by atoms with Crippen LogP contribution in [0.1, 0.15) is 388 Å². The second-order valence-corrected chi connectivity index (χ2v) is 29.3. The summed E-state index contributed by atoms with van der Waals surface area (Å²) in [4.78, 5) is 11.8. The van der Waals surface area contributed by atoms with E-state index in [1.165, 1.54) is 313 Å². The first-order chi connectivity index (χ1) is 46.8. The Morgan fingerprint density at radius 1 is 0.284 bits per heavy atom. The Kier molecular flexibility index (Phi) is 60.5. The van der Waals surface area contributed by atoms with Gasteiger partial charge in [0.15, 0.2) is 27.9 Å². The van der Waals surface area contributed by atoms with Gasteiger partial charge >= 0.3 is 0 Å². The summed E-state index contributed by atoms with van der Waals surface area (Å²) in [6.07, 6.45) is 66.7. The van der Waals surface area contributed by atoms with Gasteiger partial charge in [0.1, 0.15) is 22.4 Å². The van der Waals surface area contributed by atoms with Gasteiger partial charge in [-0.3, -0.25) is 0 Å². The van der Waals surface area contributed by atoms with E-state index in [2.05, 4.69) is 96.1 Å². The Labute approximate surface area is 589 Å². The largest absolute Gasteiger partial charge is 0.565 e. The molecule has 0 unspecified atom stereocenters. The molecule has 0 aromatic heterocycles. The van der Waals surface area contributed by atoms with Crippen molar-refractivity contribution >= 4 is 17.1 Å². The van der Waals surface area contributed by atoms with Crippen LogP contribution in [0.4, 0.5) is 4.79 Å². The van der Waals surface area contributed by atoms with Crippen molar-refractivity contribution in [3.05, 3.63) is 54.6 Å². The van der Waals surface area contributed by atoms with E-state index >= 15 is 0 Å². The third kappa shape index (κ3) is 48.5. The first kappa shape index (κ1) is 87.2. The standard InChI is InChI=1S/C84H147O6S.CH2O3/c1-7-13-19-25-31-37-43-49-58-66-85-76-72-79(87-68-60-51-45-39-33-27-21-15-9-3)83(80(73-76)88-69-61-52-46-40-34-28-22-16-10-4)91(78-64-56-55-57-65-78)84-81(89-70-62-53-47-41-35-29-23-17-11-5)74-77(86-67-59-50-44-38-32-26-20-14-8-2)75-82(84)90-71-63-54-48-42-36-30-24-18-12-6;2-1(3)4/h55-57,64-65,72-75H,7-54,58-63,66-71H2,1-6H3;(H2,2,3,4)/q+1;/p-1. The summed E-state index contributed by atoms with van der Waals surface area (Å²) in [7, 11) is -0.776. The van der Waals surface area contributed by atoms with Gasteiger partial charge in [0.05, 0.1) is 39.6 Å². The first-order valence-corrected chi connectivity index (χ1v) is 41.9. The molecular weight excluding hydrogens is 1200 g/mol. The molecule has 548 valence electrons. The average Bonchev–Trinajstić information content (AvgIpc) is 0.762. The van der Waals surface area contributed by atoms with Crippen LogP contribution in [0.3, 0.4) is 0 Å². The zero-order valence-corrected chi connectivity index (χ0v) is 63.6. The second-order valence-electron chi connectivity index (χ2n) is 27.4. The minimum Gasteiger partial charge on any atom is -0.565 e. The van der Waals surface area contributed by atoms with Crippen LogP contribution in [0.5, 0.6) is 34.5 Å². The number of benzene rings is 3. The Morgan fingerprint density at radius 3 is 0.642 bits per heavy atom. The van der Waals surface area contributed by atoms with Crippen LogP contribution in [0.2, 0.25) is 0 Å². The molecule has 3 aromatic carbocycles. The van der Waals surface area contributed by atoms with Gasteiger partial charge in [0.2, 0.25) is 6.16 Å². The maximum atomic E-state index is 8.44. The Hall–Kier alpha value is -3.92. The number of ether oxygens (including phenoxy) is 6. The van der Waals surface area contributed by atoms with Gasteiger partial charge in [0.25, 0.3) is 9.79 Å². The van der Waals surface area contributed by atoms with Crippen molar-refractivity contribution in [1.82, 2.24) is 0 Å². The molecule has 0 saturated heterocycles. The predicted octanol–water partition coefficient (Wildman–Crippen LogP) is 27.1. The highest BCUT2D eigenvalue weighted by Gasteiger charge is 2.43. The Balaban J connectivity index is 0.00000745. The van der Waals surface area contributed by atoms with Crippen molar-refractivity contribution in [1.29, 1.82) is 0 Å². The van der Waals surface area contributed by atoms with Gasteiger partial charge in [-0.05, 0) is 50.7 Å². The molecular formula is C85H148O9S. The Bertz CT molecular complexity index is 1920. The number of hydrogen-bond acceptors (Lipinski definition) is 8. The van der Waals surface area contributed by atoms with Gasteiger partial charge in [0, 0.05) is 24.3 Å². The zero-order valence-electron chi connectivity index (χ0n) is 62.7. The van der Waals surface area contributed by atoms with Crippen LogP contribution in [0.25, 0.3) is 0 Å². The molecule has 0 heterocycles. The molecule has 0 spiro atoms. The van der Waals surface area contributed by atoms with E-state index in [0.29, 0.717) is 39.6 Å². The van der Waals surface area contributed by atoms with Crippen LogP contribution in [-0.2, 0) is 10.9 Å². The molecule has 0 bridgehead atoms. The fourth-order valence-corrected chi connectivity index (χ4v) is 15.0. The van der Waals surface area contributed by atoms with Gasteiger partial charge in [-0.15, -0.1) is 0 Å². The molecule has 3 rings (SSSR count). The average molecular weight is 1350 g/mol. The number of rotatable bonds is 69. The quantitative estimate of drug-likeness (QED) is 0.0436. The zero-order chi connectivity index (χ0) is 68.4. The van der Waals surface area contributed by atoms with Gasteiger partial charge < -0.3 is 43.4 Å². The van der Waals surface area contributed by atoms with Crippen LogP contribution >= 0.6 is 0 Å².